The molecule has 0 bridgehead atoms. The van der Waals surface area contributed by atoms with Gasteiger partial charge in [0.1, 0.15) is 0 Å². The highest BCUT2D eigenvalue weighted by molar-refractivity contribution is 5.35. The molecule has 2 nitrogen and oxygen atoms in total. The monoisotopic (exact) mass is 245 g/mol. The molecule has 0 radical (unpaired) electrons. The Morgan fingerprint density at radius 1 is 1.17 bits per heavy atom. The van der Waals surface area contributed by atoms with Gasteiger partial charge in [0.2, 0.25) is 0 Å². The van der Waals surface area contributed by atoms with Crippen molar-refractivity contribution in [3.63, 3.8) is 0 Å². The largest absolute Gasteiger partial charge is 0.393 e. The van der Waals surface area contributed by atoms with Crippen LogP contribution in [0.2, 0.25) is 0 Å². The average Bonchev–Trinajstić information content (AvgIpc) is 2.97. The second-order valence-electron chi connectivity index (χ2n) is 5.92. The first-order valence-electron chi connectivity index (χ1n) is 7.31. The molecule has 2 heteroatoms. The Labute approximate surface area is 109 Å². The molecule has 0 spiro atoms. The molecule has 0 heterocycles. The molecule has 2 N–H and O–H groups in total. The maximum atomic E-state index is 9.49. The van der Waals surface area contributed by atoms with E-state index >= 15 is 0 Å². The Morgan fingerprint density at radius 3 is 2.89 bits per heavy atom. The molecule has 2 aliphatic carbocycles. The highest BCUT2D eigenvalue weighted by atomic mass is 16.3. The summed E-state index contributed by atoms with van der Waals surface area (Å²) in [5, 5.41) is 13.0. The van der Waals surface area contributed by atoms with Crippen molar-refractivity contribution in [2.75, 3.05) is 6.54 Å². The van der Waals surface area contributed by atoms with Crippen LogP contribution in [0.4, 0.5) is 0 Å². The van der Waals surface area contributed by atoms with Gasteiger partial charge in [-0.25, -0.2) is 0 Å². The third kappa shape index (κ3) is 2.76. The lowest BCUT2D eigenvalue weighted by Gasteiger charge is -2.11. The zero-order valence-corrected chi connectivity index (χ0v) is 11.0. The van der Waals surface area contributed by atoms with Crippen LogP contribution in [0, 0.1) is 5.92 Å². The standard InChI is InChI=1S/C16H23NO/c18-16-7-5-13(9-16)11-17-10-12-4-6-14-2-1-3-15(14)8-12/h4,6,8,13,16-18H,1-3,5,7,9-11H2. The van der Waals surface area contributed by atoms with E-state index in [4.69, 9.17) is 0 Å². The van der Waals surface area contributed by atoms with Gasteiger partial charge in [-0.05, 0) is 67.7 Å². The van der Waals surface area contributed by atoms with E-state index in [-0.39, 0.29) is 6.10 Å². The van der Waals surface area contributed by atoms with Crippen molar-refractivity contribution in [2.24, 2.45) is 5.92 Å². The van der Waals surface area contributed by atoms with Gasteiger partial charge < -0.3 is 10.4 Å². The molecule has 0 saturated heterocycles. The molecule has 0 aliphatic heterocycles. The van der Waals surface area contributed by atoms with Gasteiger partial charge in [-0.15, -0.1) is 0 Å². The van der Waals surface area contributed by atoms with E-state index in [0.29, 0.717) is 5.92 Å². The van der Waals surface area contributed by atoms with E-state index in [2.05, 4.69) is 23.5 Å². The second-order valence-corrected chi connectivity index (χ2v) is 5.92. The fraction of sp³-hybridized carbons (Fsp3) is 0.625. The highest BCUT2D eigenvalue weighted by Crippen LogP contribution is 2.25. The number of hydrogen-bond acceptors (Lipinski definition) is 2. The Bertz CT molecular complexity index is 416. The molecule has 1 saturated carbocycles. The SMILES string of the molecule is OC1CCC(CNCc2ccc3c(c2)CCC3)C1. The minimum absolute atomic E-state index is 0.0446. The summed E-state index contributed by atoms with van der Waals surface area (Å²) in [4.78, 5) is 0. The molecule has 1 aromatic rings. The summed E-state index contributed by atoms with van der Waals surface area (Å²) in [7, 11) is 0. The molecule has 1 aromatic carbocycles. The molecule has 18 heavy (non-hydrogen) atoms. The number of hydrogen-bond donors (Lipinski definition) is 2. The number of rotatable bonds is 4. The normalized spacial score (nSPS) is 26.5. The van der Waals surface area contributed by atoms with E-state index in [1.54, 1.807) is 11.1 Å². The summed E-state index contributed by atoms with van der Waals surface area (Å²) in [5.74, 6) is 0.675. The topological polar surface area (TPSA) is 32.3 Å². The van der Waals surface area contributed by atoms with Gasteiger partial charge in [0.25, 0.3) is 0 Å². The smallest absolute Gasteiger partial charge is 0.0543 e. The molecular formula is C16H23NO. The fourth-order valence-corrected chi connectivity index (χ4v) is 3.39. The molecule has 98 valence electrons. The van der Waals surface area contributed by atoms with Crippen molar-refractivity contribution in [1.82, 2.24) is 5.32 Å². The zero-order valence-electron chi connectivity index (χ0n) is 11.0. The maximum Gasteiger partial charge on any atom is 0.0543 e. The summed E-state index contributed by atoms with van der Waals surface area (Å²) in [6.07, 6.45) is 6.96. The van der Waals surface area contributed by atoms with Crippen LogP contribution in [0.1, 0.15) is 42.4 Å². The molecular weight excluding hydrogens is 222 g/mol. The summed E-state index contributed by atoms with van der Waals surface area (Å²) < 4.78 is 0. The lowest BCUT2D eigenvalue weighted by atomic mass is 10.1. The van der Waals surface area contributed by atoms with Gasteiger partial charge in [-0.2, -0.15) is 0 Å². The van der Waals surface area contributed by atoms with Crippen LogP contribution in [-0.2, 0) is 19.4 Å². The first-order valence-corrected chi connectivity index (χ1v) is 7.31. The lowest BCUT2D eigenvalue weighted by molar-refractivity contribution is 0.177. The number of fused-ring (bicyclic) bond motifs is 1. The number of aliphatic hydroxyl groups is 1. The van der Waals surface area contributed by atoms with Crippen LogP contribution < -0.4 is 5.32 Å². The van der Waals surface area contributed by atoms with E-state index in [1.807, 2.05) is 0 Å². The summed E-state index contributed by atoms with van der Waals surface area (Å²) in [6.45, 7) is 2.02. The molecule has 1 fully saturated rings. The van der Waals surface area contributed by atoms with Gasteiger partial charge in [-0.3, -0.25) is 0 Å². The van der Waals surface area contributed by atoms with Crippen molar-refractivity contribution in [3.8, 4) is 0 Å². The quantitative estimate of drug-likeness (QED) is 0.854. The van der Waals surface area contributed by atoms with Crippen LogP contribution in [-0.4, -0.2) is 17.8 Å². The first-order chi connectivity index (χ1) is 8.81. The second kappa shape index (κ2) is 5.41. The Balaban J connectivity index is 1.48. The predicted molar refractivity (Wildman–Crippen MR) is 73.5 cm³/mol. The summed E-state index contributed by atoms with van der Waals surface area (Å²) >= 11 is 0. The van der Waals surface area contributed by atoms with Crippen LogP contribution in [0.3, 0.4) is 0 Å². The fourth-order valence-electron chi connectivity index (χ4n) is 3.39. The van der Waals surface area contributed by atoms with Crippen LogP contribution in [0.5, 0.6) is 0 Å². The molecule has 2 aliphatic rings. The molecule has 3 rings (SSSR count). The lowest BCUT2D eigenvalue weighted by Crippen LogP contribution is -2.21. The molecule has 0 aromatic heterocycles. The van der Waals surface area contributed by atoms with E-state index < -0.39 is 0 Å². The van der Waals surface area contributed by atoms with Gasteiger partial charge in [0.05, 0.1) is 6.10 Å². The third-order valence-electron chi connectivity index (χ3n) is 4.44. The molecule has 2 atom stereocenters. The van der Waals surface area contributed by atoms with Gasteiger partial charge in [0, 0.05) is 6.54 Å². The number of aryl methyl sites for hydroxylation is 2. The Kier molecular flexibility index (Phi) is 3.67. The Morgan fingerprint density at radius 2 is 2.06 bits per heavy atom. The molecule has 2 unspecified atom stereocenters. The Hall–Kier alpha value is -0.860. The highest BCUT2D eigenvalue weighted by Gasteiger charge is 2.22. The van der Waals surface area contributed by atoms with Crippen molar-refractivity contribution in [2.45, 2.75) is 51.2 Å². The minimum atomic E-state index is -0.0446. The molecule has 0 amide bonds. The predicted octanol–water partition coefficient (Wildman–Crippen LogP) is 2.43. The van der Waals surface area contributed by atoms with Gasteiger partial charge >= 0.3 is 0 Å². The van der Waals surface area contributed by atoms with Crippen molar-refractivity contribution >= 4 is 0 Å². The van der Waals surface area contributed by atoms with Crippen LogP contribution in [0.25, 0.3) is 0 Å². The van der Waals surface area contributed by atoms with E-state index in [9.17, 15) is 5.11 Å². The van der Waals surface area contributed by atoms with E-state index in [0.717, 1.165) is 25.9 Å². The number of aliphatic hydroxyl groups excluding tert-OH is 1. The van der Waals surface area contributed by atoms with Crippen molar-refractivity contribution in [3.05, 3.63) is 34.9 Å². The van der Waals surface area contributed by atoms with Crippen LogP contribution in [0.15, 0.2) is 18.2 Å². The van der Waals surface area contributed by atoms with Gasteiger partial charge in [-0.1, -0.05) is 18.2 Å². The zero-order chi connectivity index (χ0) is 12.4. The first kappa shape index (κ1) is 12.2. The summed E-state index contributed by atoms with van der Waals surface area (Å²) in [6, 6.07) is 6.94. The number of nitrogens with one attached hydrogen (secondary N) is 1. The maximum absolute atomic E-state index is 9.49. The van der Waals surface area contributed by atoms with Crippen molar-refractivity contribution in [1.29, 1.82) is 0 Å². The minimum Gasteiger partial charge on any atom is -0.393 e. The van der Waals surface area contributed by atoms with Crippen LogP contribution >= 0.6 is 0 Å². The van der Waals surface area contributed by atoms with E-state index in [1.165, 1.54) is 31.2 Å². The summed E-state index contributed by atoms with van der Waals surface area (Å²) in [5.41, 5.74) is 4.53. The van der Waals surface area contributed by atoms with Crippen molar-refractivity contribution < 1.29 is 5.11 Å². The number of benzene rings is 1. The van der Waals surface area contributed by atoms with Gasteiger partial charge in [0.15, 0.2) is 0 Å². The average molecular weight is 245 g/mol. The third-order valence-corrected chi connectivity index (χ3v) is 4.44.